The van der Waals surface area contributed by atoms with Crippen molar-refractivity contribution in [1.82, 2.24) is 19.4 Å². The van der Waals surface area contributed by atoms with Gasteiger partial charge in [-0.25, -0.2) is 14.2 Å². The van der Waals surface area contributed by atoms with Gasteiger partial charge in [0.2, 0.25) is 0 Å². The summed E-state index contributed by atoms with van der Waals surface area (Å²) in [6.07, 6.45) is 5.99. The van der Waals surface area contributed by atoms with Crippen LogP contribution in [0.15, 0.2) is 54.9 Å². The first-order chi connectivity index (χ1) is 21.7. The SMILES string of the molecule is Cc1c(-c2cncc(C(=O)O)c2)nc(CN2CCC(c3cccc4c3O[C@@](C)(c3ccc(Cl)cc3F)O4)CC2)n1C[C@@H]1CCO1. The number of aromatic carboxylic acids is 1. The number of carboxylic acid groups (broad SMARTS) is 1. The van der Waals surface area contributed by atoms with Crippen LogP contribution in [0.2, 0.25) is 5.02 Å². The Hall–Kier alpha value is -3.99. The van der Waals surface area contributed by atoms with Crippen LogP contribution in [0.25, 0.3) is 11.3 Å². The van der Waals surface area contributed by atoms with E-state index < -0.39 is 17.6 Å². The third kappa shape index (κ3) is 5.67. The molecule has 2 saturated heterocycles. The number of aromatic nitrogens is 3. The van der Waals surface area contributed by atoms with Gasteiger partial charge in [-0.3, -0.25) is 9.88 Å². The minimum Gasteiger partial charge on any atom is -0.478 e. The number of ether oxygens (including phenoxy) is 3. The van der Waals surface area contributed by atoms with Gasteiger partial charge in [0.15, 0.2) is 11.5 Å². The van der Waals surface area contributed by atoms with Crippen molar-refractivity contribution in [2.24, 2.45) is 0 Å². The second-order valence-electron chi connectivity index (χ2n) is 12.1. The molecule has 5 heterocycles. The van der Waals surface area contributed by atoms with E-state index in [0.717, 1.165) is 61.7 Å². The van der Waals surface area contributed by atoms with Gasteiger partial charge in [-0.05, 0) is 75.5 Å². The second-order valence-corrected chi connectivity index (χ2v) is 12.6. The van der Waals surface area contributed by atoms with E-state index in [1.807, 2.05) is 19.1 Å². The Morgan fingerprint density at radius 1 is 1.13 bits per heavy atom. The van der Waals surface area contributed by atoms with E-state index in [0.29, 0.717) is 40.7 Å². The van der Waals surface area contributed by atoms with Crippen molar-refractivity contribution in [2.75, 3.05) is 19.7 Å². The molecule has 9 nitrogen and oxygen atoms in total. The fourth-order valence-electron chi connectivity index (χ4n) is 6.59. The molecule has 2 aromatic heterocycles. The van der Waals surface area contributed by atoms with E-state index in [-0.39, 0.29) is 17.6 Å². The molecule has 3 aliphatic rings. The van der Waals surface area contributed by atoms with Crippen LogP contribution in [0.5, 0.6) is 11.5 Å². The lowest BCUT2D eigenvalue weighted by atomic mass is 9.88. The van der Waals surface area contributed by atoms with Crippen LogP contribution in [0.4, 0.5) is 4.39 Å². The summed E-state index contributed by atoms with van der Waals surface area (Å²) >= 11 is 5.98. The van der Waals surface area contributed by atoms with Gasteiger partial charge in [-0.1, -0.05) is 23.7 Å². The molecule has 0 saturated carbocycles. The van der Waals surface area contributed by atoms with Crippen LogP contribution in [0.3, 0.4) is 0 Å². The highest BCUT2D eigenvalue weighted by Gasteiger charge is 2.43. The molecule has 0 radical (unpaired) electrons. The number of para-hydroxylation sites is 1. The van der Waals surface area contributed by atoms with E-state index in [9.17, 15) is 14.3 Å². The zero-order chi connectivity index (χ0) is 31.3. The Kier molecular flexibility index (Phi) is 7.75. The summed E-state index contributed by atoms with van der Waals surface area (Å²) in [5, 5.41) is 9.81. The predicted molar refractivity (Wildman–Crippen MR) is 165 cm³/mol. The first-order valence-electron chi connectivity index (χ1n) is 15.2. The number of hydrogen-bond acceptors (Lipinski definition) is 7. The molecule has 0 unspecified atom stereocenters. The minimum absolute atomic E-state index is 0.132. The van der Waals surface area contributed by atoms with Crippen molar-refractivity contribution in [3.05, 3.63) is 93.9 Å². The summed E-state index contributed by atoms with van der Waals surface area (Å²) in [5.74, 6) is -0.325. The van der Waals surface area contributed by atoms with Gasteiger partial charge >= 0.3 is 5.97 Å². The van der Waals surface area contributed by atoms with Crippen LogP contribution in [-0.2, 0) is 23.6 Å². The summed E-state index contributed by atoms with van der Waals surface area (Å²) < 4.78 is 35.4. The van der Waals surface area contributed by atoms with Gasteiger partial charge in [-0.2, -0.15) is 0 Å². The molecule has 1 N–H and O–H groups in total. The molecular formula is C34H34ClFN4O5. The van der Waals surface area contributed by atoms with Crippen molar-refractivity contribution in [1.29, 1.82) is 0 Å². The molecule has 0 aliphatic carbocycles. The Bertz CT molecular complexity index is 1770. The number of halogens is 2. The molecule has 11 heteroatoms. The number of hydrogen-bond donors (Lipinski definition) is 1. The first-order valence-corrected chi connectivity index (χ1v) is 15.6. The van der Waals surface area contributed by atoms with Gasteiger partial charge in [0.1, 0.15) is 11.6 Å². The van der Waals surface area contributed by atoms with Crippen molar-refractivity contribution >= 4 is 17.6 Å². The number of nitrogens with zero attached hydrogens (tertiary/aromatic N) is 4. The quantitative estimate of drug-likeness (QED) is 0.233. The molecule has 7 rings (SSSR count). The number of imidazole rings is 1. The minimum atomic E-state index is -1.29. The standard InChI is InChI=1S/C34H34ClFN4O5/c1-20-31(22-14-23(33(41)42)17-37-16-22)38-30(40(20)18-25-10-13-43-25)19-39-11-8-21(9-12-39)26-4-3-5-29-32(26)45-34(2,44-29)27-7-6-24(35)15-28(27)36/h3-7,14-17,21,25H,8-13,18-19H2,1-2H3,(H,41,42)/t25-,34-/m0/s1. The van der Waals surface area contributed by atoms with Gasteiger partial charge < -0.3 is 23.9 Å². The Morgan fingerprint density at radius 2 is 1.93 bits per heavy atom. The number of carbonyl (C=O) groups is 1. The summed E-state index contributed by atoms with van der Waals surface area (Å²) in [6, 6.07) is 12.0. The van der Waals surface area contributed by atoms with Crippen LogP contribution in [0.1, 0.15) is 65.1 Å². The second kappa shape index (κ2) is 11.7. The normalized spacial score (nSPS) is 21.6. The molecule has 3 aliphatic heterocycles. The van der Waals surface area contributed by atoms with Crippen LogP contribution >= 0.6 is 11.6 Å². The zero-order valence-corrected chi connectivity index (χ0v) is 25.9. The molecule has 0 amide bonds. The number of rotatable bonds is 8. The highest BCUT2D eigenvalue weighted by atomic mass is 35.5. The summed E-state index contributed by atoms with van der Waals surface area (Å²) in [5.41, 5.74) is 3.90. The molecule has 0 spiro atoms. The monoisotopic (exact) mass is 632 g/mol. The van der Waals surface area contributed by atoms with Crippen molar-refractivity contribution in [3.63, 3.8) is 0 Å². The summed E-state index contributed by atoms with van der Waals surface area (Å²) in [4.78, 5) is 23.2. The smallest absolute Gasteiger partial charge is 0.337 e. The highest BCUT2D eigenvalue weighted by Crippen LogP contribution is 2.50. The molecule has 2 aromatic carbocycles. The molecule has 4 aromatic rings. The van der Waals surface area contributed by atoms with Crippen molar-refractivity contribution in [2.45, 2.75) is 64.0 Å². The van der Waals surface area contributed by atoms with E-state index in [4.69, 9.17) is 30.8 Å². The number of likely N-dealkylation sites (tertiary alicyclic amines) is 1. The maximum Gasteiger partial charge on any atom is 0.337 e. The largest absolute Gasteiger partial charge is 0.478 e. The van der Waals surface area contributed by atoms with Gasteiger partial charge in [-0.15, -0.1) is 0 Å². The molecule has 234 valence electrons. The van der Waals surface area contributed by atoms with Gasteiger partial charge in [0, 0.05) is 47.8 Å². The summed E-state index contributed by atoms with van der Waals surface area (Å²) in [6.45, 7) is 7.60. The fourth-order valence-corrected chi connectivity index (χ4v) is 6.74. The molecule has 2 atom stereocenters. The van der Waals surface area contributed by atoms with E-state index in [1.165, 1.54) is 12.3 Å². The van der Waals surface area contributed by atoms with E-state index in [1.54, 1.807) is 31.3 Å². The van der Waals surface area contributed by atoms with Gasteiger partial charge in [0.05, 0.1) is 36.0 Å². The zero-order valence-electron chi connectivity index (χ0n) is 25.1. The third-order valence-corrected chi connectivity index (χ3v) is 9.40. The average molecular weight is 633 g/mol. The van der Waals surface area contributed by atoms with Crippen molar-refractivity contribution in [3.8, 4) is 22.8 Å². The molecule has 45 heavy (non-hydrogen) atoms. The maximum atomic E-state index is 14.9. The molecular weight excluding hydrogens is 599 g/mol. The van der Waals surface area contributed by atoms with Gasteiger partial charge in [0.25, 0.3) is 5.79 Å². The van der Waals surface area contributed by atoms with Crippen LogP contribution < -0.4 is 9.47 Å². The van der Waals surface area contributed by atoms with Crippen LogP contribution in [0, 0.1) is 12.7 Å². The Balaban J connectivity index is 1.08. The highest BCUT2D eigenvalue weighted by molar-refractivity contribution is 6.30. The lowest BCUT2D eigenvalue weighted by Gasteiger charge is -2.33. The van der Waals surface area contributed by atoms with Crippen molar-refractivity contribution < 1.29 is 28.5 Å². The Labute approximate surface area is 265 Å². The lowest BCUT2D eigenvalue weighted by Crippen LogP contribution is -2.35. The number of fused-ring (bicyclic) bond motifs is 1. The number of carboxylic acids is 1. The number of pyridine rings is 1. The predicted octanol–water partition coefficient (Wildman–Crippen LogP) is 6.56. The molecule has 2 fully saturated rings. The topological polar surface area (TPSA) is 98.9 Å². The fraction of sp³-hybridized carbons (Fsp3) is 0.382. The third-order valence-electron chi connectivity index (χ3n) is 9.16. The van der Waals surface area contributed by atoms with E-state index >= 15 is 0 Å². The first kappa shape index (κ1) is 29.7. The average Bonchev–Trinajstić information content (AvgIpc) is 3.51. The number of piperidine rings is 1. The van der Waals surface area contributed by atoms with E-state index in [2.05, 4.69) is 20.5 Å². The molecule has 0 bridgehead atoms. The lowest BCUT2D eigenvalue weighted by molar-refractivity contribution is -0.0712. The van der Waals surface area contributed by atoms with Crippen LogP contribution in [-0.4, -0.2) is 56.3 Å². The maximum absolute atomic E-state index is 14.9. The summed E-state index contributed by atoms with van der Waals surface area (Å²) in [7, 11) is 0. The Morgan fingerprint density at radius 3 is 2.64 bits per heavy atom. The number of benzene rings is 2.